The van der Waals surface area contributed by atoms with E-state index in [-0.39, 0.29) is 6.04 Å². The zero-order valence-electron chi connectivity index (χ0n) is 10.6. The molecule has 3 nitrogen and oxygen atoms in total. The van der Waals surface area contributed by atoms with Gasteiger partial charge in [0, 0.05) is 6.54 Å². The third-order valence-electron chi connectivity index (χ3n) is 2.92. The summed E-state index contributed by atoms with van der Waals surface area (Å²) in [4.78, 5) is 0. The monoisotopic (exact) mass is 240 g/mol. The SMILES string of the molecule is Cc1ccc(C(C)NCc2ccccc2C#N)o1. The summed E-state index contributed by atoms with van der Waals surface area (Å²) >= 11 is 0. The van der Waals surface area contributed by atoms with Crippen LogP contribution in [0.5, 0.6) is 0 Å². The molecule has 0 amide bonds. The molecule has 1 unspecified atom stereocenters. The Morgan fingerprint density at radius 3 is 2.72 bits per heavy atom. The average molecular weight is 240 g/mol. The Morgan fingerprint density at radius 2 is 2.06 bits per heavy atom. The van der Waals surface area contributed by atoms with Crippen LogP contribution in [0.4, 0.5) is 0 Å². The maximum Gasteiger partial charge on any atom is 0.120 e. The Morgan fingerprint density at radius 1 is 1.28 bits per heavy atom. The molecule has 2 aromatic rings. The summed E-state index contributed by atoms with van der Waals surface area (Å²) in [6, 6.07) is 13.9. The van der Waals surface area contributed by atoms with E-state index in [1.165, 1.54) is 0 Å². The number of nitrogens with zero attached hydrogens (tertiary/aromatic N) is 1. The van der Waals surface area contributed by atoms with Gasteiger partial charge in [-0.3, -0.25) is 0 Å². The van der Waals surface area contributed by atoms with E-state index in [0.717, 1.165) is 17.1 Å². The van der Waals surface area contributed by atoms with Gasteiger partial charge in [-0.25, -0.2) is 0 Å². The highest BCUT2D eigenvalue weighted by atomic mass is 16.3. The lowest BCUT2D eigenvalue weighted by molar-refractivity contribution is 0.416. The summed E-state index contributed by atoms with van der Waals surface area (Å²) < 4.78 is 5.56. The van der Waals surface area contributed by atoms with Crippen LogP contribution in [0.1, 0.15) is 35.6 Å². The van der Waals surface area contributed by atoms with Crippen molar-refractivity contribution in [2.45, 2.75) is 26.4 Å². The van der Waals surface area contributed by atoms with Gasteiger partial charge >= 0.3 is 0 Å². The molecule has 0 radical (unpaired) electrons. The Bertz CT molecular complexity index is 566. The van der Waals surface area contributed by atoms with Crippen molar-refractivity contribution in [2.75, 3.05) is 0 Å². The van der Waals surface area contributed by atoms with Crippen molar-refractivity contribution in [1.29, 1.82) is 5.26 Å². The summed E-state index contributed by atoms with van der Waals surface area (Å²) in [7, 11) is 0. The fourth-order valence-corrected chi connectivity index (χ4v) is 1.83. The molecule has 0 spiro atoms. The molecule has 0 fully saturated rings. The molecular weight excluding hydrogens is 224 g/mol. The molecule has 2 rings (SSSR count). The van der Waals surface area contributed by atoms with Gasteiger partial charge in [-0.15, -0.1) is 0 Å². The van der Waals surface area contributed by atoms with Crippen molar-refractivity contribution < 1.29 is 4.42 Å². The van der Waals surface area contributed by atoms with Crippen LogP contribution >= 0.6 is 0 Å². The van der Waals surface area contributed by atoms with Gasteiger partial charge in [0.2, 0.25) is 0 Å². The molecule has 18 heavy (non-hydrogen) atoms. The lowest BCUT2D eigenvalue weighted by Gasteiger charge is -2.12. The van der Waals surface area contributed by atoms with Crippen LogP contribution in [0.15, 0.2) is 40.8 Å². The van der Waals surface area contributed by atoms with Crippen molar-refractivity contribution in [2.24, 2.45) is 0 Å². The van der Waals surface area contributed by atoms with Crippen LogP contribution in [-0.4, -0.2) is 0 Å². The van der Waals surface area contributed by atoms with Gasteiger partial charge in [0.25, 0.3) is 0 Å². The van der Waals surface area contributed by atoms with Crippen molar-refractivity contribution in [3.8, 4) is 6.07 Å². The number of benzene rings is 1. The van der Waals surface area contributed by atoms with Crippen LogP contribution < -0.4 is 5.32 Å². The minimum absolute atomic E-state index is 0.130. The average Bonchev–Trinajstić information content (AvgIpc) is 2.83. The van der Waals surface area contributed by atoms with E-state index in [1.807, 2.05) is 50.2 Å². The fraction of sp³-hybridized carbons (Fsp3) is 0.267. The number of hydrogen-bond acceptors (Lipinski definition) is 3. The maximum atomic E-state index is 9.01. The molecule has 1 aromatic heterocycles. The molecule has 0 aliphatic heterocycles. The van der Waals surface area contributed by atoms with E-state index >= 15 is 0 Å². The van der Waals surface area contributed by atoms with E-state index in [0.29, 0.717) is 12.1 Å². The molecule has 0 saturated heterocycles. The van der Waals surface area contributed by atoms with Crippen molar-refractivity contribution >= 4 is 0 Å². The number of aryl methyl sites for hydroxylation is 1. The highest BCUT2D eigenvalue weighted by Gasteiger charge is 2.09. The second-order valence-corrected chi connectivity index (χ2v) is 4.32. The fourth-order valence-electron chi connectivity index (χ4n) is 1.83. The van der Waals surface area contributed by atoms with E-state index in [9.17, 15) is 0 Å². The molecule has 1 heterocycles. The highest BCUT2D eigenvalue weighted by molar-refractivity contribution is 5.37. The summed E-state index contributed by atoms with van der Waals surface area (Å²) in [6.45, 7) is 4.64. The normalized spacial score (nSPS) is 12.1. The Kier molecular flexibility index (Phi) is 3.81. The van der Waals surface area contributed by atoms with Crippen LogP contribution in [0.2, 0.25) is 0 Å². The molecular formula is C15H16N2O. The van der Waals surface area contributed by atoms with Gasteiger partial charge in [0.1, 0.15) is 11.5 Å². The second-order valence-electron chi connectivity index (χ2n) is 4.32. The number of nitriles is 1. The zero-order chi connectivity index (χ0) is 13.0. The summed E-state index contributed by atoms with van der Waals surface area (Å²) in [5.74, 6) is 1.83. The first-order chi connectivity index (χ1) is 8.70. The molecule has 0 saturated carbocycles. The predicted octanol–water partition coefficient (Wildman–Crippen LogP) is 3.31. The lowest BCUT2D eigenvalue weighted by Crippen LogP contribution is -2.18. The minimum atomic E-state index is 0.130. The molecule has 0 bridgehead atoms. The summed E-state index contributed by atoms with van der Waals surface area (Å²) in [5, 5.41) is 12.4. The van der Waals surface area contributed by atoms with Crippen molar-refractivity contribution in [1.82, 2.24) is 5.32 Å². The number of furan rings is 1. The minimum Gasteiger partial charge on any atom is -0.465 e. The molecule has 92 valence electrons. The molecule has 1 N–H and O–H groups in total. The predicted molar refractivity (Wildman–Crippen MR) is 69.9 cm³/mol. The molecule has 0 aliphatic carbocycles. The van der Waals surface area contributed by atoms with E-state index in [2.05, 4.69) is 11.4 Å². The van der Waals surface area contributed by atoms with Crippen LogP contribution in [0.25, 0.3) is 0 Å². The third kappa shape index (κ3) is 2.79. The topological polar surface area (TPSA) is 49.0 Å². The first-order valence-electron chi connectivity index (χ1n) is 5.98. The smallest absolute Gasteiger partial charge is 0.120 e. The maximum absolute atomic E-state index is 9.01. The quantitative estimate of drug-likeness (QED) is 0.891. The van der Waals surface area contributed by atoms with Gasteiger partial charge in [-0.05, 0) is 37.6 Å². The Hall–Kier alpha value is -2.05. The van der Waals surface area contributed by atoms with Crippen molar-refractivity contribution in [3.63, 3.8) is 0 Å². The Labute approximate surface area is 107 Å². The van der Waals surface area contributed by atoms with Gasteiger partial charge in [-0.2, -0.15) is 5.26 Å². The first-order valence-corrected chi connectivity index (χ1v) is 5.98. The van der Waals surface area contributed by atoms with Crippen LogP contribution in [0.3, 0.4) is 0 Å². The van der Waals surface area contributed by atoms with E-state index in [1.54, 1.807) is 0 Å². The zero-order valence-corrected chi connectivity index (χ0v) is 10.6. The molecule has 0 aliphatic rings. The van der Waals surface area contributed by atoms with E-state index < -0.39 is 0 Å². The number of hydrogen-bond donors (Lipinski definition) is 1. The number of rotatable bonds is 4. The molecule has 3 heteroatoms. The van der Waals surface area contributed by atoms with E-state index in [4.69, 9.17) is 9.68 Å². The van der Waals surface area contributed by atoms with Crippen LogP contribution in [0, 0.1) is 18.3 Å². The Balaban J connectivity index is 2.02. The molecule has 1 aromatic carbocycles. The highest BCUT2D eigenvalue weighted by Crippen LogP contribution is 2.16. The third-order valence-corrected chi connectivity index (χ3v) is 2.92. The summed E-state index contributed by atoms with van der Waals surface area (Å²) in [6.07, 6.45) is 0. The largest absolute Gasteiger partial charge is 0.465 e. The standard InChI is InChI=1S/C15H16N2O/c1-11-7-8-15(18-11)12(2)17-10-14-6-4-3-5-13(14)9-16/h3-8,12,17H,10H2,1-2H3. The van der Waals surface area contributed by atoms with Gasteiger partial charge in [0.15, 0.2) is 0 Å². The lowest BCUT2D eigenvalue weighted by atomic mass is 10.1. The van der Waals surface area contributed by atoms with Gasteiger partial charge < -0.3 is 9.73 Å². The van der Waals surface area contributed by atoms with Crippen molar-refractivity contribution in [3.05, 3.63) is 59.0 Å². The van der Waals surface area contributed by atoms with Gasteiger partial charge in [0.05, 0.1) is 17.7 Å². The second kappa shape index (κ2) is 5.52. The van der Waals surface area contributed by atoms with Crippen LogP contribution in [-0.2, 0) is 6.54 Å². The first kappa shape index (κ1) is 12.4. The van der Waals surface area contributed by atoms with Gasteiger partial charge in [-0.1, -0.05) is 18.2 Å². The summed E-state index contributed by atoms with van der Waals surface area (Å²) in [5.41, 5.74) is 1.72. The molecule has 1 atom stereocenters. The number of nitrogens with one attached hydrogen (secondary N) is 1.